The fourth-order valence-electron chi connectivity index (χ4n) is 2.91. The van der Waals surface area contributed by atoms with Crippen molar-refractivity contribution in [2.45, 2.75) is 25.8 Å². The van der Waals surface area contributed by atoms with Crippen LogP contribution < -0.4 is 5.73 Å². The molecule has 5 heteroatoms. The summed E-state index contributed by atoms with van der Waals surface area (Å²) in [6.07, 6.45) is 3.17. The van der Waals surface area contributed by atoms with Crippen molar-refractivity contribution in [1.29, 1.82) is 0 Å². The van der Waals surface area contributed by atoms with Gasteiger partial charge in [0.25, 0.3) is 0 Å². The highest BCUT2D eigenvalue weighted by Gasteiger charge is 2.33. The van der Waals surface area contributed by atoms with Gasteiger partial charge in [-0.3, -0.25) is 4.79 Å². The first-order valence-electron chi connectivity index (χ1n) is 6.81. The van der Waals surface area contributed by atoms with Crippen LogP contribution in [0.2, 0.25) is 5.02 Å². The van der Waals surface area contributed by atoms with Crippen LogP contribution in [0.15, 0.2) is 24.3 Å². The van der Waals surface area contributed by atoms with Crippen LogP contribution in [-0.2, 0) is 11.3 Å². The molecule has 0 radical (unpaired) electrons. The molecule has 2 rings (SSSR count). The van der Waals surface area contributed by atoms with Gasteiger partial charge in [-0.1, -0.05) is 30.2 Å². The Hall–Kier alpha value is -0.770. The van der Waals surface area contributed by atoms with Crippen molar-refractivity contribution in [2.75, 3.05) is 13.6 Å². The number of hydrogen-bond donors (Lipinski definition) is 1. The quantitative estimate of drug-likeness (QED) is 0.927. The summed E-state index contributed by atoms with van der Waals surface area (Å²) in [6, 6.07) is 7.65. The molecule has 3 nitrogen and oxygen atoms in total. The number of carbonyl (C=O) groups is 1. The molecule has 1 aliphatic rings. The molecule has 1 aromatic carbocycles. The maximum Gasteiger partial charge on any atom is 0.226 e. The van der Waals surface area contributed by atoms with Crippen LogP contribution >= 0.6 is 24.0 Å². The van der Waals surface area contributed by atoms with Gasteiger partial charge in [0.15, 0.2) is 0 Å². The Bertz CT molecular complexity index is 453. The van der Waals surface area contributed by atoms with Crippen molar-refractivity contribution < 1.29 is 4.79 Å². The van der Waals surface area contributed by atoms with Crippen molar-refractivity contribution in [3.63, 3.8) is 0 Å². The van der Waals surface area contributed by atoms with E-state index in [1.807, 2.05) is 31.3 Å². The Labute approximate surface area is 131 Å². The van der Waals surface area contributed by atoms with Crippen molar-refractivity contribution in [3.05, 3.63) is 34.9 Å². The standard InChI is InChI=1S/C15H21ClN2O.ClH/c1-18(10-11-4-2-6-13(16)8-11)15(19)14-7-3-5-12(14)9-17;/h2,4,6,8,12,14H,3,5,7,9-10,17H2,1H3;1H/t12-,14-;/m1./s1. The van der Waals surface area contributed by atoms with Crippen LogP contribution in [0.4, 0.5) is 0 Å². The number of carbonyl (C=O) groups excluding carboxylic acids is 1. The van der Waals surface area contributed by atoms with Crippen molar-refractivity contribution in [2.24, 2.45) is 17.6 Å². The second-order valence-electron chi connectivity index (χ2n) is 5.36. The van der Waals surface area contributed by atoms with E-state index in [1.54, 1.807) is 4.90 Å². The highest BCUT2D eigenvalue weighted by atomic mass is 35.5. The van der Waals surface area contributed by atoms with E-state index in [4.69, 9.17) is 17.3 Å². The lowest BCUT2D eigenvalue weighted by molar-refractivity contribution is -0.135. The predicted octanol–water partition coefficient (Wildman–Crippen LogP) is 3.10. The van der Waals surface area contributed by atoms with Gasteiger partial charge in [0.2, 0.25) is 5.91 Å². The molecule has 2 N–H and O–H groups in total. The molecule has 1 saturated carbocycles. The number of nitrogens with zero attached hydrogens (tertiary/aromatic N) is 1. The third-order valence-electron chi connectivity index (χ3n) is 3.96. The fraction of sp³-hybridized carbons (Fsp3) is 0.533. The Morgan fingerprint density at radius 1 is 1.45 bits per heavy atom. The van der Waals surface area contributed by atoms with E-state index in [-0.39, 0.29) is 24.2 Å². The molecule has 1 aliphatic carbocycles. The topological polar surface area (TPSA) is 46.3 Å². The molecule has 1 aromatic rings. The van der Waals surface area contributed by atoms with E-state index in [1.165, 1.54) is 0 Å². The number of rotatable bonds is 4. The first-order chi connectivity index (χ1) is 9.11. The first-order valence-corrected chi connectivity index (χ1v) is 7.19. The summed E-state index contributed by atoms with van der Waals surface area (Å²) in [5.74, 6) is 0.677. The number of halogens is 2. The minimum Gasteiger partial charge on any atom is -0.341 e. The molecule has 0 spiro atoms. The summed E-state index contributed by atoms with van der Waals surface area (Å²) in [4.78, 5) is 14.2. The molecule has 1 fully saturated rings. The van der Waals surface area contributed by atoms with Crippen LogP contribution in [-0.4, -0.2) is 24.4 Å². The summed E-state index contributed by atoms with van der Waals surface area (Å²) in [7, 11) is 1.86. The largest absolute Gasteiger partial charge is 0.341 e. The Morgan fingerprint density at radius 2 is 2.20 bits per heavy atom. The number of amides is 1. The van der Waals surface area contributed by atoms with E-state index in [9.17, 15) is 4.79 Å². The summed E-state index contributed by atoms with van der Waals surface area (Å²) < 4.78 is 0. The Kier molecular flexibility index (Phi) is 6.80. The molecular weight excluding hydrogens is 295 g/mol. The van der Waals surface area contributed by atoms with Crippen LogP contribution in [0.1, 0.15) is 24.8 Å². The van der Waals surface area contributed by atoms with E-state index >= 15 is 0 Å². The van der Waals surface area contributed by atoms with Crippen molar-refractivity contribution in [3.8, 4) is 0 Å². The van der Waals surface area contributed by atoms with Crippen molar-refractivity contribution in [1.82, 2.24) is 4.90 Å². The van der Waals surface area contributed by atoms with Gasteiger partial charge in [-0.05, 0) is 43.0 Å². The minimum atomic E-state index is 0. The van der Waals surface area contributed by atoms with Gasteiger partial charge in [0, 0.05) is 24.5 Å². The van der Waals surface area contributed by atoms with Gasteiger partial charge in [0.05, 0.1) is 0 Å². The summed E-state index contributed by atoms with van der Waals surface area (Å²) in [5, 5.41) is 0.707. The van der Waals surface area contributed by atoms with Crippen LogP contribution in [0, 0.1) is 11.8 Å². The zero-order chi connectivity index (χ0) is 13.8. The average Bonchev–Trinajstić information content (AvgIpc) is 2.86. The second kappa shape index (κ2) is 7.87. The minimum absolute atomic E-state index is 0. The third-order valence-corrected chi connectivity index (χ3v) is 4.20. The molecule has 0 heterocycles. The molecule has 112 valence electrons. The normalized spacial score (nSPS) is 21.4. The van der Waals surface area contributed by atoms with E-state index in [0.717, 1.165) is 24.8 Å². The van der Waals surface area contributed by atoms with E-state index in [0.29, 0.717) is 24.0 Å². The van der Waals surface area contributed by atoms with Gasteiger partial charge in [0.1, 0.15) is 0 Å². The number of hydrogen-bond acceptors (Lipinski definition) is 2. The predicted molar refractivity (Wildman–Crippen MR) is 85.1 cm³/mol. The highest BCUT2D eigenvalue weighted by Crippen LogP contribution is 2.32. The first kappa shape index (κ1) is 17.3. The lowest BCUT2D eigenvalue weighted by Gasteiger charge is -2.24. The van der Waals surface area contributed by atoms with E-state index < -0.39 is 0 Å². The maximum absolute atomic E-state index is 12.4. The monoisotopic (exact) mass is 316 g/mol. The molecule has 0 aliphatic heterocycles. The smallest absolute Gasteiger partial charge is 0.226 e. The third kappa shape index (κ3) is 4.11. The molecule has 0 aromatic heterocycles. The second-order valence-corrected chi connectivity index (χ2v) is 5.79. The summed E-state index contributed by atoms with van der Waals surface area (Å²) in [6.45, 7) is 1.22. The average molecular weight is 317 g/mol. The van der Waals surface area contributed by atoms with Gasteiger partial charge < -0.3 is 10.6 Å². The highest BCUT2D eigenvalue weighted by molar-refractivity contribution is 6.30. The Morgan fingerprint density at radius 3 is 2.85 bits per heavy atom. The van der Waals surface area contributed by atoms with E-state index in [2.05, 4.69) is 0 Å². The zero-order valence-electron chi connectivity index (χ0n) is 11.7. The van der Waals surface area contributed by atoms with Crippen LogP contribution in [0.3, 0.4) is 0 Å². The summed E-state index contributed by atoms with van der Waals surface area (Å²) in [5.41, 5.74) is 6.81. The lowest BCUT2D eigenvalue weighted by Crippen LogP contribution is -2.36. The number of benzene rings is 1. The van der Waals surface area contributed by atoms with Crippen molar-refractivity contribution >= 4 is 29.9 Å². The molecule has 0 saturated heterocycles. The lowest BCUT2D eigenvalue weighted by atomic mass is 9.95. The maximum atomic E-state index is 12.4. The van der Waals surface area contributed by atoms with Crippen LogP contribution in [0.5, 0.6) is 0 Å². The SMILES string of the molecule is CN(Cc1cccc(Cl)c1)C(=O)[C@@H]1CCC[C@@H]1CN.Cl. The molecule has 20 heavy (non-hydrogen) atoms. The molecule has 0 bridgehead atoms. The Balaban J connectivity index is 0.00000200. The van der Waals surface area contributed by atoms with Gasteiger partial charge >= 0.3 is 0 Å². The molecular formula is C15H22Cl2N2O. The fourth-order valence-corrected chi connectivity index (χ4v) is 3.13. The van der Waals surface area contributed by atoms with Gasteiger partial charge in [-0.2, -0.15) is 0 Å². The molecule has 0 unspecified atom stereocenters. The zero-order valence-corrected chi connectivity index (χ0v) is 13.3. The van der Waals surface area contributed by atoms with Gasteiger partial charge in [-0.25, -0.2) is 0 Å². The summed E-state index contributed by atoms with van der Waals surface area (Å²) >= 11 is 5.96. The molecule has 2 atom stereocenters. The number of nitrogens with two attached hydrogens (primary N) is 1. The molecule has 1 amide bonds. The van der Waals surface area contributed by atoms with Gasteiger partial charge in [-0.15, -0.1) is 12.4 Å². The van der Waals surface area contributed by atoms with Crippen LogP contribution in [0.25, 0.3) is 0 Å².